The van der Waals surface area contributed by atoms with E-state index >= 15 is 0 Å². The molecule has 0 saturated carbocycles. The third-order valence-electron chi connectivity index (χ3n) is 3.17. The van der Waals surface area contributed by atoms with Gasteiger partial charge in [0, 0.05) is 19.8 Å². The Morgan fingerprint density at radius 2 is 1.88 bits per heavy atom. The van der Waals surface area contributed by atoms with E-state index in [2.05, 4.69) is 5.32 Å². The molecule has 7 nitrogen and oxygen atoms in total. The minimum atomic E-state index is -3.59. The predicted octanol–water partition coefficient (Wildman–Crippen LogP) is 2.41. The van der Waals surface area contributed by atoms with Crippen molar-refractivity contribution in [1.82, 2.24) is 4.31 Å². The van der Waals surface area contributed by atoms with Crippen molar-refractivity contribution in [2.75, 3.05) is 31.4 Å². The maximum absolute atomic E-state index is 11.9. The highest BCUT2D eigenvalue weighted by Crippen LogP contribution is 2.20. The van der Waals surface area contributed by atoms with Gasteiger partial charge < -0.3 is 14.5 Å². The molecule has 0 bridgehead atoms. The number of carbonyl (C=O) groups is 1. The molecule has 0 atom stereocenters. The summed E-state index contributed by atoms with van der Waals surface area (Å²) in [5.41, 5.74) is 0.684. The molecule has 0 aliphatic heterocycles. The normalized spacial score (nSPS) is 11.5. The Labute approximate surface area is 151 Å². The van der Waals surface area contributed by atoms with Crippen LogP contribution < -0.4 is 10.1 Å². The van der Waals surface area contributed by atoms with Gasteiger partial charge in [0.1, 0.15) is 18.1 Å². The number of amides is 1. The molecule has 2 aromatic rings. The summed E-state index contributed by atoms with van der Waals surface area (Å²) >= 11 is 1.45. The minimum Gasteiger partial charge on any atom is -0.486 e. The molecular weight excluding hydrogens is 364 g/mol. The van der Waals surface area contributed by atoms with Crippen LogP contribution in [-0.2, 0) is 21.4 Å². The van der Waals surface area contributed by atoms with E-state index in [1.807, 2.05) is 6.26 Å². The van der Waals surface area contributed by atoms with Gasteiger partial charge in [0.05, 0.1) is 5.75 Å². The quantitative estimate of drug-likeness (QED) is 0.752. The standard InChI is InChI=1S/C16H20N2O5S2/c1-18(2)25(20,21)16-9-8-14(23-16)10-22-13-6-4-12(5-7-13)17-15(19)11-24-3/h4-9H,10-11H2,1-3H3,(H,17,19). The summed E-state index contributed by atoms with van der Waals surface area (Å²) in [5, 5.41) is 2.65. The maximum atomic E-state index is 11.9. The number of hydrogen-bond acceptors (Lipinski definition) is 6. The zero-order valence-corrected chi connectivity index (χ0v) is 15.8. The molecule has 0 spiro atoms. The van der Waals surface area contributed by atoms with Crippen molar-refractivity contribution in [3.63, 3.8) is 0 Å². The summed E-state index contributed by atoms with van der Waals surface area (Å²) in [6, 6.07) is 9.87. The van der Waals surface area contributed by atoms with Gasteiger partial charge in [0.25, 0.3) is 10.0 Å². The van der Waals surface area contributed by atoms with E-state index in [4.69, 9.17) is 9.15 Å². The molecule has 0 unspecified atom stereocenters. The van der Waals surface area contributed by atoms with Gasteiger partial charge in [-0.05, 0) is 42.7 Å². The number of ether oxygens (including phenoxy) is 1. The highest BCUT2D eigenvalue weighted by Gasteiger charge is 2.21. The molecule has 0 saturated heterocycles. The van der Waals surface area contributed by atoms with Gasteiger partial charge in [-0.1, -0.05) is 0 Å². The van der Waals surface area contributed by atoms with Gasteiger partial charge in [-0.25, -0.2) is 12.7 Å². The number of nitrogens with one attached hydrogen (secondary N) is 1. The van der Waals surface area contributed by atoms with E-state index in [-0.39, 0.29) is 17.6 Å². The van der Waals surface area contributed by atoms with Crippen molar-refractivity contribution < 1.29 is 22.4 Å². The number of sulfonamides is 1. The fourth-order valence-electron chi connectivity index (χ4n) is 1.87. The first-order valence-corrected chi connectivity index (χ1v) is 10.2. The van der Waals surface area contributed by atoms with Crippen LogP contribution in [0.4, 0.5) is 5.69 Å². The molecule has 1 amide bonds. The van der Waals surface area contributed by atoms with Gasteiger partial charge in [-0.3, -0.25) is 4.79 Å². The number of rotatable bonds is 8. The zero-order chi connectivity index (χ0) is 18.4. The molecule has 9 heteroatoms. The lowest BCUT2D eigenvalue weighted by molar-refractivity contribution is -0.113. The van der Waals surface area contributed by atoms with E-state index in [0.29, 0.717) is 22.9 Å². The Kier molecular flexibility index (Phi) is 6.51. The predicted molar refractivity (Wildman–Crippen MR) is 97.4 cm³/mol. The molecule has 0 aliphatic carbocycles. The first-order chi connectivity index (χ1) is 11.8. The van der Waals surface area contributed by atoms with Gasteiger partial charge >= 0.3 is 0 Å². The molecule has 0 radical (unpaired) electrons. The second kappa shape index (κ2) is 8.41. The van der Waals surface area contributed by atoms with Crippen molar-refractivity contribution >= 4 is 33.4 Å². The summed E-state index contributed by atoms with van der Waals surface area (Å²) in [4.78, 5) is 11.5. The van der Waals surface area contributed by atoms with Gasteiger partial charge in [-0.15, -0.1) is 0 Å². The van der Waals surface area contributed by atoms with E-state index in [1.54, 1.807) is 30.3 Å². The van der Waals surface area contributed by atoms with Crippen molar-refractivity contribution in [2.45, 2.75) is 11.7 Å². The molecule has 25 heavy (non-hydrogen) atoms. The van der Waals surface area contributed by atoms with Crippen molar-refractivity contribution in [3.05, 3.63) is 42.2 Å². The lowest BCUT2D eigenvalue weighted by Crippen LogP contribution is -2.21. The van der Waals surface area contributed by atoms with Crippen molar-refractivity contribution in [2.24, 2.45) is 0 Å². The maximum Gasteiger partial charge on any atom is 0.275 e. The van der Waals surface area contributed by atoms with Crippen LogP contribution in [0.15, 0.2) is 45.9 Å². The van der Waals surface area contributed by atoms with E-state index < -0.39 is 10.0 Å². The summed E-state index contributed by atoms with van der Waals surface area (Å²) in [6.45, 7) is 0.0983. The average Bonchev–Trinajstić information content (AvgIpc) is 3.04. The molecule has 1 aromatic heterocycles. The highest BCUT2D eigenvalue weighted by molar-refractivity contribution is 7.99. The summed E-state index contributed by atoms with van der Waals surface area (Å²) in [6.07, 6.45) is 1.86. The van der Waals surface area contributed by atoms with Crippen molar-refractivity contribution in [1.29, 1.82) is 0 Å². The van der Waals surface area contributed by atoms with E-state index in [1.165, 1.54) is 31.9 Å². The number of carbonyl (C=O) groups excluding carboxylic acids is 1. The monoisotopic (exact) mass is 384 g/mol. The smallest absolute Gasteiger partial charge is 0.275 e. The van der Waals surface area contributed by atoms with Crippen molar-refractivity contribution in [3.8, 4) is 5.75 Å². The molecule has 2 rings (SSSR count). The summed E-state index contributed by atoms with van der Waals surface area (Å²) in [5.74, 6) is 1.31. The van der Waals surface area contributed by atoms with Crippen LogP contribution in [0.25, 0.3) is 0 Å². The molecule has 1 N–H and O–H groups in total. The van der Waals surface area contributed by atoms with Crippen LogP contribution in [0, 0.1) is 0 Å². The molecule has 0 aliphatic rings. The lowest BCUT2D eigenvalue weighted by Gasteiger charge is -2.08. The Balaban J connectivity index is 1.94. The van der Waals surface area contributed by atoms with Crippen LogP contribution >= 0.6 is 11.8 Å². The van der Waals surface area contributed by atoms with Crippen LogP contribution in [0.2, 0.25) is 0 Å². The van der Waals surface area contributed by atoms with Gasteiger partial charge in [0.15, 0.2) is 0 Å². The summed E-state index contributed by atoms with van der Waals surface area (Å²) in [7, 11) is -0.716. The first kappa shape index (κ1) is 19.4. The molecule has 1 heterocycles. The number of benzene rings is 1. The highest BCUT2D eigenvalue weighted by atomic mass is 32.2. The van der Waals surface area contributed by atoms with E-state index in [0.717, 1.165) is 4.31 Å². The lowest BCUT2D eigenvalue weighted by atomic mass is 10.3. The van der Waals surface area contributed by atoms with Gasteiger partial charge in [0.2, 0.25) is 11.0 Å². The Bertz CT molecular complexity index is 813. The molecule has 136 valence electrons. The van der Waals surface area contributed by atoms with Crippen LogP contribution in [0.1, 0.15) is 5.76 Å². The van der Waals surface area contributed by atoms with Crippen LogP contribution in [0.5, 0.6) is 5.75 Å². The summed E-state index contributed by atoms with van der Waals surface area (Å²) < 4.78 is 35.9. The van der Waals surface area contributed by atoms with Crippen LogP contribution in [0.3, 0.4) is 0 Å². The number of furan rings is 1. The average molecular weight is 384 g/mol. The fraction of sp³-hybridized carbons (Fsp3) is 0.312. The SMILES string of the molecule is CSCC(=O)Nc1ccc(OCc2ccc(S(=O)(=O)N(C)C)o2)cc1. The second-order valence-corrected chi connectivity index (χ2v) is 8.25. The fourth-order valence-corrected chi connectivity index (χ4v) is 3.02. The third-order valence-corrected chi connectivity index (χ3v) is 5.41. The molecule has 1 aromatic carbocycles. The first-order valence-electron chi connectivity index (χ1n) is 7.36. The topological polar surface area (TPSA) is 88.8 Å². The van der Waals surface area contributed by atoms with Gasteiger partial charge in [-0.2, -0.15) is 11.8 Å². The molecular formula is C16H20N2O5S2. The number of nitrogens with zero attached hydrogens (tertiary/aromatic N) is 1. The number of thioether (sulfide) groups is 1. The Morgan fingerprint density at radius 1 is 1.20 bits per heavy atom. The third kappa shape index (κ3) is 5.25. The second-order valence-electron chi connectivity index (χ2n) is 5.30. The Morgan fingerprint density at radius 3 is 2.48 bits per heavy atom. The molecule has 0 fully saturated rings. The van der Waals surface area contributed by atoms with E-state index in [9.17, 15) is 13.2 Å². The largest absolute Gasteiger partial charge is 0.486 e. The van der Waals surface area contributed by atoms with Crippen LogP contribution in [-0.4, -0.2) is 44.7 Å². The number of hydrogen-bond donors (Lipinski definition) is 1. The minimum absolute atomic E-state index is 0.0635. The Hall–Kier alpha value is -1.97. The number of anilines is 1. The zero-order valence-electron chi connectivity index (χ0n) is 14.2.